The summed E-state index contributed by atoms with van der Waals surface area (Å²) in [5, 5.41) is 13.3. The van der Waals surface area contributed by atoms with E-state index in [1.54, 1.807) is 25.6 Å². The van der Waals surface area contributed by atoms with Gasteiger partial charge in [-0.3, -0.25) is 14.3 Å². The van der Waals surface area contributed by atoms with Crippen LogP contribution in [-0.4, -0.2) is 44.7 Å². The van der Waals surface area contributed by atoms with E-state index < -0.39 is 0 Å². The van der Waals surface area contributed by atoms with Crippen molar-refractivity contribution in [1.82, 2.24) is 25.2 Å². The zero-order valence-corrected chi connectivity index (χ0v) is 20.1. The van der Waals surface area contributed by atoms with Crippen molar-refractivity contribution in [2.75, 3.05) is 12.9 Å². The molecule has 176 valence electrons. The lowest BCUT2D eigenvalue weighted by Crippen LogP contribution is -2.19. The number of thioether (sulfide) groups is 1. The zero-order chi connectivity index (χ0) is 24.5. The lowest BCUT2D eigenvalue weighted by Gasteiger charge is -2.10. The molecule has 0 bridgehead atoms. The zero-order valence-electron chi connectivity index (χ0n) is 19.3. The number of aromatic nitrogens is 4. The number of pyridine rings is 1. The summed E-state index contributed by atoms with van der Waals surface area (Å²) in [4.78, 5) is 16.4. The van der Waals surface area contributed by atoms with Gasteiger partial charge in [0.2, 0.25) is 0 Å². The molecule has 9 heteroatoms. The molecule has 8 nitrogen and oxygen atoms in total. The molecule has 0 spiro atoms. The van der Waals surface area contributed by atoms with Crippen LogP contribution in [0.2, 0.25) is 0 Å². The van der Waals surface area contributed by atoms with Crippen molar-refractivity contribution in [3.63, 3.8) is 0 Å². The summed E-state index contributed by atoms with van der Waals surface area (Å²) >= 11 is 1.29. The van der Waals surface area contributed by atoms with E-state index in [0.717, 1.165) is 28.1 Å². The van der Waals surface area contributed by atoms with E-state index in [-0.39, 0.29) is 11.7 Å². The number of nitrogens with zero attached hydrogens (tertiary/aromatic N) is 5. The van der Waals surface area contributed by atoms with Gasteiger partial charge in [-0.25, -0.2) is 5.43 Å². The van der Waals surface area contributed by atoms with Crippen LogP contribution in [0.15, 0.2) is 89.4 Å². The van der Waals surface area contributed by atoms with Gasteiger partial charge >= 0.3 is 0 Å². The van der Waals surface area contributed by atoms with Crippen molar-refractivity contribution < 1.29 is 9.53 Å². The molecule has 0 fully saturated rings. The fraction of sp³-hybridized carbons (Fsp3) is 0.115. The van der Waals surface area contributed by atoms with E-state index in [9.17, 15) is 4.79 Å². The number of carbonyl (C=O) groups excluding carboxylic acids is 1. The summed E-state index contributed by atoms with van der Waals surface area (Å²) in [7, 11) is 1.62. The van der Waals surface area contributed by atoms with Crippen LogP contribution in [0.5, 0.6) is 5.75 Å². The predicted octanol–water partition coefficient (Wildman–Crippen LogP) is 4.55. The molecular formula is C26H24N6O2S. The van der Waals surface area contributed by atoms with Gasteiger partial charge in [-0.05, 0) is 49.4 Å². The summed E-state index contributed by atoms with van der Waals surface area (Å²) < 4.78 is 7.24. The lowest BCUT2D eigenvalue weighted by molar-refractivity contribution is -0.118. The summed E-state index contributed by atoms with van der Waals surface area (Å²) in [6, 6.07) is 19.5. The number of aryl methyl sites for hydroxylation is 1. The van der Waals surface area contributed by atoms with E-state index in [1.165, 1.54) is 18.0 Å². The second kappa shape index (κ2) is 11.8. The van der Waals surface area contributed by atoms with Crippen LogP contribution in [0.4, 0.5) is 0 Å². The van der Waals surface area contributed by atoms with Crippen LogP contribution < -0.4 is 10.2 Å². The fourth-order valence-electron chi connectivity index (χ4n) is 3.24. The number of amides is 1. The molecule has 0 aliphatic carbocycles. The van der Waals surface area contributed by atoms with E-state index in [2.05, 4.69) is 25.7 Å². The normalized spacial score (nSPS) is 11.3. The van der Waals surface area contributed by atoms with Crippen molar-refractivity contribution in [2.45, 2.75) is 12.1 Å². The summed E-state index contributed by atoms with van der Waals surface area (Å²) in [5.74, 6) is 1.33. The standard InChI is InChI=1S/C26H24N6O2S/c1-19-9-11-22(12-10-19)32-25(21-13-16-27-17-14-21)30-31-26(32)35-18-24(33)29-28-15-5-7-20-6-3-4-8-23(20)34-2/h3-17H,18H2,1-2H3,(H,29,33)/b7-5+,28-15-. The summed E-state index contributed by atoms with van der Waals surface area (Å²) in [6.07, 6.45) is 8.54. The average Bonchev–Trinajstić information content (AvgIpc) is 3.32. The van der Waals surface area contributed by atoms with Crippen LogP contribution in [0.1, 0.15) is 11.1 Å². The molecule has 1 N–H and O–H groups in total. The maximum atomic E-state index is 12.4. The van der Waals surface area contributed by atoms with Crippen molar-refractivity contribution in [2.24, 2.45) is 5.10 Å². The number of allylic oxidation sites excluding steroid dienone is 1. The van der Waals surface area contributed by atoms with E-state index in [1.807, 2.05) is 78.2 Å². The molecule has 4 rings (SSSR count). The number of carbonyl (C=O) groups is 1. The Morgan fingerprint density at radius 3 is 2.63 bits per heavy atom. The second-order valence-corrected chi connectivity index (χ2v) is 8.36. The van der Waals surface area contributed by atoms with Crippen molar-refractivity contribution in [3.05, 3.63) is 90.3 Å². The van der Waals surface area contributed by atoms with E-state index >= 15 is 0 Å². The number of hydrogen-bond acceptors (Lipinski definition) is 7. The lowest BCUT2D eigenvalue weighted by atomic mass is 10.2. The number of nitrogens with one attached hydrogen (secondary N) is 1. The number of ether oxygens (including phenoxy) is 1. The van der Waals surface area contributed by atoms with Gasteiger partial charge < -0.3 is 4.74 Å². The molecule has 4 aromatic rings. The first-order valence-electron chi connectivity index (χ1n) is 10.8. The average molecular weight is 485 g/mol. The second-order valence-electron chi connectivity index (χ2n) is 7.42. The van der Waals surface area contributed by atoms with Gasteiger partial charge in [0, 0.05) is 35.4 Å². The first kappa shape index (κ1) is 23.9. The van der Waals surface area contributed by atoms with Crippen molar-refractivity contribution in [1.29, 1.82) is 0 Å². The number of hydrazone groups is 1. The molecule has 0 saturated heterocycles. The SMILES string of the molecule is COc1ccccc1/C=C/C=N\NC(=O)CSc1nnc(-c2ccncc2)n1-c1ccc(C)cc1. The van der Waals surface area contributed by atoms with Gasteiger partial charge in [-0.15, -0.1) is 10.2 Å². The summed E-state index contributed by atoms with van der Waals surface area (Å²) in [6.45, 7) is 2.03. The molecule has 2 aromatic heterocycles. The Labute approximate surface area is 207 Å². The Morgan fingerprint density at radius 1 is 1.09 bits per heavy atom. The van der Waals surface area contributed by atoms with Gasteiger partial charge in [0.15, 0.2) is 11.0 Å². The molecule has 0 unspecified atom stereocenters. The van der Waals surface area contributed by atoms with Gasteiger partial charge in [0.05, 0.1) is 12.9 Å². The molecule has 0 saturated carbocycles. The Morgan fingerprint density at radius 2 is 1.86 bits per heavy atom. The highest BCUT2D eigenvalue weighted by molar-refractivity contribution is 7.99. The van der Waals surface area contributed by atoms with Gasteiger partial charge in [0.1, 0.15) is 5.75 Å². The Balaban J connectivity index is 1.42. The first-order valence-corrected chi connectivity index (χ1v) is 11.8. The molecule has 0 radical (unpaired) electrons. The third kappa shape index (κ3) is 6.21. The van der Waals surface area contributed by atoms with Gasteiger partial charge in [-0.2, -0.15) is 5.10 Å². The minimum Gasteiger partial charge on any atom is -0.496 e. The Kier molecular flexibility index (Phi) is 8.03. The number of rotatable bonds is 9. The number of benzene rings is 2. The highest BCUT2D eigenvalue weighted by Gasteiger charge is 2.17. The third-order valence-corrected chi connectivity index (χ3v) is 5.89. The number of methoxy groups -OCH3 is 1. The Bertz CT molecular complexity index is 1330. The van der Waals surface area contributed by atoms with E-state index in [4.69, 9.17) is 4.74 Å². The minimum absolute atomic E-state index is 0.133. The molecule has 35 heavy (non-hydrogen) atoms. The first-order chi connectivity index (χ1) is 17.2. The Hall–Kier alpha value is -4.24. The summed E-state index contributed by atoms with van der Waals surface area (Å²) in [5.41, 5.74) is 6.40. The van der Waals surface area contributed by atoms with Crippen LogP contribution in [0, 0.1) is 6.92 Å². The monoisotopic (exact) mass is 484 g/mol. The third-order valence-electron chi connectivity index (χ3n) is 4.96. The maximum absolute atomic E-state index is 12.4. The van der Waals surface area contributed by atoms with Crippen LogP contribution in [0.3, 0.4) is 0 Å². The molecule has 1 amide bonds. The molecule has 2 aromatic carbocycles. The minimum atomic E-state index is -0.249. The number of para-hydroxylation sites is 1. The smallest absolute Gasteiger partial charge is 0.250 e. The maximum Gasteiger partial charge on any atom is 0.250 e. The molecule has 2 heterocycles. The number of hydrogen-bond donors (Lipinski definition) is 1. The van der Waals surface area contributed by atoms with Crippen LogP contribution >= 0.6 is 11.8 Å². The highest BCUT2D eigenvalue weighted by Crippen LogP contribution is 2.27. The quantitative estimate of drug-likeness (QED) is 0.213. The van der Waals surface area contributed by atoms with Gasteiger partial charge in [0.25, 0.3) is 5.91 Å². The van der Waals surface area contributed by atoms with Crippen LogP contribution in [-0.2, 0) is 4.79 Å². The van der Waals surface area contributed by atoms with Crippen molar-refractivity contribution in [3.8, 4) is 22.8 Å². The topological polar surface area (TPSA) is 94.3 Å². The van der Waals surface area contributed by atoms with E-state index in [0.29, 0.717) is 11.0 Å². The fourth-order valence-corrected chi connectivity index (χ4v) is 3.99. The van der Waals surface area contributed by atoms with Crippen molar-refractivity contribution >= 4 is 30.0 Å². The van der Waals surface area contributed by atoms with Crippen LogP contribution in [0.25, 0.3) is 23.2 Å². The molecule has 0 atom stereocenters. The molecule has 0 aliphatic rings. The molecular weight excluding hydrogens is 460 g/mol. The highest BCUT2D eigenvalue weighted by atomic mass is 32.2. The largest absolute Gasteiger partial charge is 0.496 e. The van der Waals surface area contributed by atoms with Gasteiger partial charge in [-0.1, -0.05) is 47.7 Å². The molecule has 0 aliphatic heterocycles. The predicted molar refractivity (Wildman–Crippen MR) is 139 cm³/mol.